The SMILES string of the molecule is CN=C(NCC(=O)Nc1ccc(F)cc1)NC1CCN(CC(F)(F)F)C1.I. The first-order valence-corrected chi connectivity index (χ1v) is 8.07. The van der Waals surface area contributed by atoms with E-state index in [4.69, 9.17) is 0 Å². The molecule has 1 saturated heterocycles. The molecule has 0 aliphatic carbocycles. The zero-order valence-electron chi connectivity index (χ0n) is 14.6. The van der Waals surface area contributed by atoms with Crippen molar-refractivity contribution in [2.45, 2.75) is 18.6 Å². The van der Waals surface area contributed by atoms with Crippen LogP contribution < -0.4 is 16.0 Å². The number of hydrogen-bond acceptors (Lipinski definition) is 3. The van der Waals surface area contributed by atoms with Crippen molar-refractivity contribution >= 4 is 41.5 Å². The summed E-state index contributed by atoms with van der Waals surface area (Å²) in [5, 5.41) is 8.40. The zero-order chi connectivity index (χ0) is 19.2. The molecule has 1 amide bonds. The Bertz CT molecular complexity index is 639. The molecule has 1 aliphatic heterocycles. The van der Waals surface area contributed by atoms with Crippen LogP contribution in [0.25, 0.3) is 0 Å². The van der Waals surface area contributed by atoms with Crippen LogP contribution in [-0.2, 0) is 4.79 Å². The summed E-state index contributed by atoms with van der Waals surface area (Å²) < 4.78 is 50.1. The van der Waals surface area contributed by atoms with Crippen molar-refractivity contribution in [1.29, 1.82) is 0 Å². The summed E-state index contributed by atoms with van der Waals surface area (Å²) in [6.07, 6.45) is -3.66. The van der Waals surface area contributed by atoms with Crippen molar-refractivity contribution in [3.8, 4) is 0 Å². The summed E-state index contributed by atoms with van der Waals surface area (Å²) in [6.45, 7) is -0.422. The molecule has 11 heteroatoms. The minimum Gasteiger partial charge on any atom is -0.352 e. The van der Waals surface area contributed by atoms with Crippen LogP contribution in [0.5, 0.6) is 0 Å². The van der Waals surface area contributed by atoms with Gasteiger partial charge < -0.3 is 16.0 Å². The predicted molar refractivity (Wildman–Crippen MR) is 106 cm³/mol. The molecule has 2 rings (SSSR count). The Kier molecular flexibility index (Phi) is 9.22. The maximum Gasteiger partial charge on any atom is 0.401 e. The van der Waals surface area contributed by atoms with E-state index in [0.29, 0.717) is 24.6 Å². The number of hydrogen-bond donors (Lipinski definition) is 3. The van der Waals surface area contributed by atoms with Crippen LogP contribution >= 0.6 is 24.0 Å². The Morgan fingerprint density at radius 1 is 1.30 bits per heavy atom. The van der Waals surface area contributed by atoms with E-state index >= 15 is 0 Å². The number of rotatable bonds is 5. The van der Waals surface area contributed by atoms with Crippen LogP contribution in [0.4, 0.5) is 23.2 Å². The minimum absolute atomic E-state index is 0. The van der Waals surface area contributed by atoms with Crippen molar-refractivity contribution in [3.05, 3.63) is 30.1 Å². The summed E-state index contributed by atoms with van der Waals surface area (Å²) in [7, 11) is 1.51. The molecule has 0 bridgehead atoms. The minimum atomic E-state index is -4.22. The van der Waals surface area contributed by atoms with Crippen molar-refractivity contribution in [1.82, 2.24) is 15.5 Å². The number of nitrogens with zero attached hydrogens (tertiary/aromatic N) is 2. The van der Waals surface area contributed by atoms with Crippen LogP contribution in [0, 0.1) is 5.82 Å². The highest BCUT2D eigenvalue weighted by Crippen LogP contribution is 2.19. The van der Waals surface area contributed by atoms with Crippen LogP contribution in [-0.4, -0.2) is 62.2 Å². The average molecular weight is 503 g/mol. The molecular formula is C16H22F4IN5O. The lowest BCUT2D eigenvalue weighted by Gasteiger charge is -2.19. The first-order valence-electron chi connectivity index (χ1n) is 8.07. The number of halogens is 5. The number of benzene rings is 1. The second kappa shape index (κ2) is 10.6. The third-order valence-electron chi connectivity index (χ3n) is 3.78. The van der Waals surface area contributed by atoms with E-state index < -0.39 is 18.5 Å². The first kappa shape index (κ1) is 23.4. The molecule has 1 heterocycles. The third kappa shape index (κ3) is 8.73. The van der Waals surface area contributed by atoms with E-state index in [2.05, 4.69) is 20.9 Å². The second-order valence-corrected chi connectivity index (χ2v) is 5.96. The van der Waals surface area contributed by atoms with Crippen LogP contribution in [0.15, 0.2) is 29.3 Å². The monoisotopic (exact) mass is 503 g/mol. The van der Waals surface area contributed by atoms with E-state index in [1.165, 1.54) is 36.2 Å². The van der Waals surface area contributed by atoms with E-state index in [-0.39, 0.29) is 49.0 Å². The Balaban J connectivity index is 0.00000364. The molecule has 1 aromatic carbocycles. The number of nitrogens with one attached hydrogen (secondary N) is 3. The van der Waals surface area contributed by atoms with Crippen molar-refractivity contribution in [2.75, 3.05) is 38.5 Å². The van der Waals surface area contributed by atoms with E-state index in [1.807, 2.05) is 0 Å². The van der Waals surface area contributed by atoms with Crippen LogP contribution in [0.2, 0.25) is 0 Å². The molecule has 1 unspecified atom stereocenters. The molecule has 3 N–H and O–H groups in total. The summed E-state index contributed by atoms with van der Waals surface area (Å²) in [5.41, 5.74) is 0.458. The molecule has 6 nitrogen and oxygen atoms in total. The standard InChI is InChI=1S/C16H21F4N5O.HI/c1-21-15(24-13-6-7-25(9-13)10-16(18,19)20)22-8-14(26)23-12-4-2-11(17)3-5-12;/h2-5,13H,6-10H2,1H3,(H,23,26)(H2,21,22,24);1H. The Morgan fingerprint density at radius 2 is 1.96 bits per heavy atom. The van der Waals surface area contributed by atoms with E-state index in [9.17, 15) is 22.4 Å². The molecule has 1 fully saturated rings. The van der Waals surface area contributed by atoms with Gasteiger partial charge in [0, 0.05) is 31.9 Å². The summed E-state index contributed by atoms with van der Waals surface area (Å²) in [4.78, 5) is 17.2. The van der Waals surface area contributed by atoms with Gasteiger partial charge in [0.1, 0.15) is 5.82 Å². The average Bonchev–Trinajstić information content (AvgIpc) is 2.98. The number of amides is 1. The van der Waals surface area contributed by atoms with Gasteiger partial charge in [0.25, 0.3) is 0 Å². The molecule has 1 atom stereocenters. The van der Waals surface area contributed by atoms with Crippen molar-refractivity contribution in [3.63, 3.8) is 0 Å². The lowest BCUT2D eigenvalue weighted by molar-refractivity contribution is -0.143. The van der Waals surface area contributed by atoms with Gasteiger partial charge in [0.2, 0.25) is 5.91 Å². The number of alkyl halides is 3. The first-order chi connectivity index (χ1) is 12.2. The molecule has 0 aromatic heterocycles. The van der Waals surface area contributed by atoms with Gasteiger partial charge in [-0.05, 0) is 30.7 Å². The van der Waals surface area contributed by atoms with Gasteiger partial charge in [-0.2, -0.15) is 13.2 Å². The molecule has 1 aromatic rings. The predicted octanol–water partition coefficient (Wildman–Crippen LogP) is 2.18. The van der Waals surface area contributed by atoms with Crippen molar-refractivity contribution in [2.24, 2.45) is 4.99 Å². The number of guanidine groups is 1. The second-order valence-electron chi connectivity index (χ2n) is 5.96. The van der Waals surface area contributed by atoms with Gasteiger partial charge in [0.05, 0.1) is 13.1 Å². The van der Waals surface area contributed by atoms with Crippen molar-refractivity contribution < 1.29 is 22.4 Å². The van der Waals surface area contributed by atoms with Gasteiger partial charge in [-0.15, -0.1) is 24.0 Å². The Morgan fingerprint density at radius 3 is 2.56 bits per heavy atom. The smallest absolute Gasteiger partial charge is 0.352 e. The maximum atomic E-state index is 12.8. The zero-order valence-corrected chi connectivity index (χ0v) is 17.0. The molecule has 27 heavy (non-hydrogen) atoms. The topological polar surface area (TPSA) is 68.8 Å². The lowest BCUT2D eigenvalue weighted by atomic mass is 10.3. The number of carbonyl (C=O) groups excluding carboxylic acids is 1. The molecule has 1 aliphatic rings. The summed E-state index contributed by atoms with van der Waals surface area (Å²) in [5.74, 6) is -0.426. The van der Waals surface area contributed by atoms with Crippen LogP contribution in [0.3, 0.4) is 0 Å². The molecule has 152 valence electrons. The van der Waals surface area contributed by atoms with Gasteiger partial charge in [-0.1, -0.05) is 0 Å². The normalized spacial score (nSPS) is 18.0. The van der Waals surface area contributed by atoms with Gasteiger partial charge in [-0.25, -0.2) is 4.39 Å². The largest absolute Gasteiger partial charge is 0.401 e. The molecular weight excluding hydrogens is 481 g/mol. The quantitative estimate of drug-likeness (QED) is 0.250. The Labute approximate surface area is 171 Å². The molecule has 0 spiro atoms. The van der Waals surface area contributed by atoms with E-state index in [0.717, 1.165) is 0 Å². The summed E-state index contributed by atoms with van der Waals surface area (Å²) >= 11 is 0. The number of anilines is 1. The molecule has 0 saturated carbocycles. The highest BCUT2D eigenvalue weighted by Gasteiger charge is 2.34. The van der Waals surface area contributed by atoms with Gasteiger partial charge >= 0.3 is 6.18 Å². The lowest BCUT2D eigenvalue weighted by Crippen LogP contribution is -2.47. The Hall–Kier alpha value is -1.63. The fraction of sp³-hybridized carbons (Fsp3) is 0.500. The number of likely N-dealkylation sites (tertiary alicyclic amines) is 1. The van der Waals surface area contributed by atoms with Gasteiger partial charge in [0.15, 0.2) is 5.96 Å². The fourth-order valence-electron chi connectivity index (χ4n) is 2.64. The van der Waals surface area contributed by atoms with Gasteiger partial charge in [-0.3, -0.25) is 14.7 Å². The maximum absolute atomic E-state index is 12.8. The third-order valence-corrected chi connectivity index (χ3v) is 3.78. The summed E-state index contributed by atoms with van der Waals surface area (Å²) in [6, 6.07) is 5.16. The fourth-order valence-corrected chi connectivity index (χ4v) is 2.64. The number of carbonyl (C=O) groups is 1. The molecule has 0 radical (unpaired) electrons. The van der Waals surface area contributed by atoms with Crippen LogP contribution in [0.1, 0.15) is 6.42 Å². The highest BCUT2D eigenvalue weighted by molar-refractivity contribution is 14.0. The van der Waals surface area contributed by atoms with E-state index in [1.54, 1.807) is 0 Å². The highest BCUT2D eigenvalue weighted by atomic mass is 127. The number of aliphatic imine (C=N–C) groups is 1.